The number of benzene rings is 1. The van der Waals surface area contributed by atoms with Crippen molar-refractivity contribution < 1.29 is 23.4 Å². The van der Waals surface area contributed by atoms with E-state index in [1.807, 2.05) is 0 Å². The second-order valence-electron chi connectivity index (χ2n) is 3.44. The summed E-state index contributed by atoms with van der Waals surface area (Å²) in [6.07, 6.45) is -4.02. The van der Waals surface area contributed by atoms with E-state index in [2.05, 4.69) is 9.47 Å². The first kappa shape index (κ1) is 11.5. The lowest BCUT2D eigenvalue weighted by Crippen LogP contribution is -2.25. The van der Waals surface area contributed by atoms with Crippen LogP contribution in [0.15, 0.2) is 23.1 Å². The number of rotatable bonds is 3. The number of halogens is 2. The Morgan fingerprint density at radius 2 is 2.06 bits per heavy atom. The molecular weight excluding hydrogens is 238 g/mol. The highest BCUT2D eigenvalue weighted by Crippen LogP contribution is 2.42. The summed E-state index contributed by atoms with van der Waals surface area (Å²) in [6.45, 7) is 1.66. The van der Waals surface area contributed by atoms with Crippen LogP contribution in [0.25, 0.3) is 0 Å². The van der Waals surface area contributed by atoms with Crippen molar-refractivity contribution in [3.05, 3.63) is 18.2 Å². The van der Waals surface area contributed by atoms with Crippen molar-refractivity contribution >= 4 is 11.8 Å². The van der Waals surface area contributed by atoms with Crippen molar-refractivity contribution in [3.63, 3.8) is 0 Å². The molecule has 16 heavy (non-hydrogen) atoms. The van der Waals surface area contributed by atoms with Crippen LogP contribution in [0.1, 0.15) is 6.92 Å². The van der Waals surface area contributed by atoms with Crippen LogP contribution in [0.3, 0.4) is 0 Å². The highest BCUT2D eigenvalue weighted by molar-refractivity contribution is 7.99. The first-order valence-corrected chi connectivity index (χ1v) is 5.65. The predicted molar refractivity (Wildman–Crippen MR) is 55.0 cm³/mol. The third-order valence-electron chi connectivity index (χ3n) is 1.86. The lowest BCUT2D eigenvalue weighted by Gasteiger charge is -2.05. The highest BCUT2D eigenvalue weighted by atomic mass is 32.2. The Hall–Kier alpha value is -1.01. The molecule has 2 rings (SSSR count). The van der Waals surface area contributed by atoms with E-state index in [0.29, 0.717) is 5.75 Å². The zero-order valence-corrected chi connectivity index (χ0v) is 9.26. The van der Waals surface area contributed by atoms with Gasteiger partial charge >= 0.3 is 6.29 Å². The molecule has 1 heterocycles. The molecule has 0 saturated heterocycles. The first-order valence-electron chi connectivity index (χ1n) is 4.67. The van der Waals surface area contributed by atoms with Gasteiger partial charge in [-0.15, -0.1) is 20.5 Å². The maximum absolute atomic E-state index is 12.7. The lowest BCUT2D eigenvalue weighted by atomic mass is 10.3. The molecule has 0 fully saturated rings. The maximum atomic E-state index is 12.7. The van der Waals surface area contributed by atoms with Gasteiger partial charge in [0, 0.05) is 10.6 Å². The van der Waals surface area contributed by atoms with Crippen LogP contribution in [-0.4, -0.2) is 23.3 Å². The van der Waals surface area contributed by atoms with E-state index >= 15 is 0 Å². The number of aliphatic hydroxyl groups excluding tert-OH is 1. The van der Waals surface area contributed by atoms with Gasteiger partial charge in [-0.1, -0.05) is 0 Å². The highest BCUT2D eigenvalue weighted by Gasteiger charge is 2.43. The molecule has 88 valence electrons. The smallest absolute Gasteiger partial charge is 0.395 e. The van der Waals surface area contributed by atoms with Gasteiger partial charge in [-0.05, 0) is 25.1 Å². The summed E-state index contributed by atoms with van der Waals surface area (Å²) in [5.41, 5.74) is 0. The molecule has 0 aromatic heterocycles. The molecule has 1 aliphatic heterocycles. The first-order chi connectivity index (χ1) is 7.46. The Balaban J connectivity index is 2.10. The van der Waals surface area contributed by atoms with Gasteiger partial charge in [0.05, 0.1) is 6.10 Å². The van der Waals surface area contributed by atoms with Gasteiger partial charge in [0.2, 0.25) is 0 Å². The molecule has 1 aromatic carbocycles. The molecule has 1 aromatic rings. The second-order valence-corrected chi connectivity index (χ2v) is 4.53. The van der Waals surface area contributed by atoms with Crippen molar-refractivity contribution in [2.45, 2.75) is 24.2 Å². The zero-order chi connectivity index (χ0) is 11.8. The van der Waals surface area contributed by atoms with E-state index in [-0.39, 0.29) is 11.5 Å². The van der Waals surface area contributed by atoms with Gasteiger partial charge in [0.15, 0.2) is 11.5 Å². The number of fused-ring (bicyclic) bond motifs is 1. The lowest BCUT2D eigenvalue weighted by molar-refractivity contribution is -0.286. The average Bonchev–Trinajstić information content (AvgIpc) is 2.47. The molecule has 1 atom stereocenters. The fourth-order valence-corrected chi connectivity index (χ4v) is 2.02. The van der Waals surface area contributed by atoms with E-state index in [0.717, 1.165) is 4.90 Å². The summed E-state index contributed by atoms with van der Waals surface area (Å²) in [4.78, 5) is 0.751. The summed E-state index contributed by atoms with van der Waals surface area (Å²) >= 11 is 1.36. The van der Waals surface area contributed by atoms with E-state index in [9.17, 15) is 8.78 Å². The van der Waals surface area contributed by atoms with Crippen molar-refractivity contribution in [2.75, 3.05) is 5.75 Å². The molecule has 0 saturated carbocycles. The molecule has 0 spiro atoms. The van der Waals surface area contributed by atoms with Crippen molar-refractivity contribution in [3.8, 4) is 11.5 Å². The molecular formula is C10H10F2O3S. The zero-order valence-electron chi connectivity index (χ0n) is 8.44. The Morgan fingerprint density at radius 3 is 2.75 bits per heavy atom. The van der Waals surface area contributed by atoms with E-state index in [1.165, 1.54) is 23.9 Å². The van der Waals surface area contributed by atoms with E-state index in [4.69, 9.17) is 5.11 Å². The molecule has 0 amide bonds. The Morgan fingerprint density at radius 1 is 1.38 bits per heavy atom. The van der Waals surface area contributed by atoms with Gasteiger partial charge in [-0.2, -0.15) is 0 Å². The van der Waals surface area contributed by atoms with Gasteiger partial charge in [0.1, 0.15) is 0 Å². The minimum Gasteiger partial charge on any atom is -0.395 e. The van der Waals surface area contributed by atoms with Crippen molar-refractivity contribution in [1.82, 2.24) is 0 Å². The van der Waals surface area contributed by atoms with Gasteiger partial charge in [-0.3, -0.25) is 0 Å². The SMILES string of the molecule is CC(O)CSc1ccc2c(c1)OC(F)(F)O2. The van der Waals surface area contributed by atoms with Crippen LogP contribution >= 0.6 is 11.8 Å². The van der Waals surface area contributed by atoms with Crippen molar-refractivity contribution in [2.24, 2.45) is 0 Å². The van der Waals surface area contributed by atoms with E-state index < -0.39 is 12.4 Å². The molecule has 1 N–H and O–H groups in total. The van der Waals surface area contributed by atoms with Crippen LogP contribution in [0.2, 0.25) is 0 Å². The topological polar surface area (TPSA) is 38.7 Å². The monoisotopic (exact) mass is 248 g/mol. The molecule has 1 unspecified atom stereocenters. The summed E-state index contributed by atoms with van der Waals surface area (Å²) < 4.78 is 34.0. The largest absolute Gasteiger partial charge is 0.586 e. The standard InChI is InChI=1S/C10H10F2O3S/c1-6(13)5-16-7-2-3-8-9(4-7)15-10(11,12)14-8/h2-4,6,13H,5H2,1H3. The van der Waals surface area contributed by atoms with Crippen LogP contribution in [0, 0.1) is 0 Å². The molecule has 3 nitrogen and oxygen atoms in total. The van der Waals surface area contributed by atoms with Crippen molar-refractivity contribution in [1.29, 1.82) is 0 Å². The predicted octanol–water partition coefficient (Wildman–Crippen LogP) is 2.48. The summed E-state index contributed by atoms with van der Waals surface area (Å²) in [7, 11) is 0. The van der Waals surface area contributed by atoms with Gasteiger partial charge < -0.3 is 14.6 Å². The van der Waals surface area contributed by atoms with Gasteiger partial charge in [-0.25, -0.2) is 0 Å². The Labute approximate surface area is 95.4 Å². The molecule has 0 aliphatic carbocycles. The number of ether oxygens (including phenoxy) is 2. The average molecular weight is 248 g/mol. The summed E-state index contributed by atoms with van der Waals surface area (Å²) in [5, 5.41) is 9.09. The quantitative estimate of drug-likeness (QED) is 0.834. The summed E-state index contributed by atoms with van der Waals surface area (Å²) in [5.74, 6) is 0.558. The number of hydrogen-bond donors (Lipinski definition) is 1. The molecule has 0 bridgehead atoms. The second kappa shape index (κ2) is 4.10. The van der Waals surface area contributed by atoms with Crippen LogP contribution in [0.5, 0.6) is 11.5 Å². The maximum Gasteiger partial charge on any atom is 0.586 e. The number of aliphatic hydroxyl groups is 1. The van der Waals surface area contributed by atoms with Crippen LogP contribution in [0.4, 0.5) is 8.78 Å². The number of hydrogen-bond acceptors (Lipinski definition) is 4. The minimum atomic E-state index is -3.57. The fourth-order valence-electron chi connectivity index (χ4n) is 1.24. The normalized spacial score (nSPS) is 18.5. The third-order valence-corrected chi connectivity index (χ3v) is 3.10. The molecule has 1 aliphatic rings. The third kappa shape index (κ3) is 2.56. The minimum absolute atomic E-state index is 0.0283. The van der Waals surface area contributed by atoms with E-state index in [1.54, 1.807) is 13.0 Å². The van der Waals surface area contributed by atoms with Crippen LogP contribution in [-0.2, 0) is 0 Å². The Kier molecular flexibility index (Phi) is 2.94. The Bertz CT molecular complexity index is 396. The molecule has 0 radical (unpaired) electrons. The number of alkyl halides is 2. The van der Waals surface area contributed by atoms with Gasteiger partial charge in [0.25, 0.3) is 0 Å². The summed E-state index contributed by atoms with van der Waals surface area (Å²) in [6, 6.07) is 4.56. The number of thioether (sulfide) groups is 1. The molecule has 6 heteroatoms. The fraction of sp³-hybridized carbons (Fsp3) is 0.400. The van der Waals surface area contributed by atoms with Crippen LogP contribution < -0.4 is 9.47 Å².